The van der Waals surface area contributed by atoms with E-state index >= 15 is 0 Å². The van der Waals surface area contributed by atoms with Gasteiger partial charge in [0.2, 0.25) is 0 Å². The molecule has 0 aliphatic carbocycles. The van der Waals surface area contributed by atoms with Crippen LogP contribution in [-0.4, -0.2) is 66.9 Å². The van der Waals surface area contributed by atoms with Crippen molar-refractivity contribution in [2.45, 2.75) is 0 Å². The Morgan fingerprint density at radius 3 is 2.00 bits per heavy atom. The Kier molecular flexibility index (Phi) is 4.22. The number of hydrogen-bond acceptors (Lipinski definition) is 2. The molecule has 0 N–H and O–H groups in total. The minimum Gasteiger partial charge on any atom is -0.335 e. The Morgan fingerprint density at radius 2 is 1.50 bits per heavy atom. The predicted octanol–water partition coefficient (Wildman–Crippen LogP) is 1.27. The predicted molar refractivity (Wildman–Crippen MR) is 73.0 cm³/mol. The van der Waals surface area contributed by atoms with Crippen LogP contribution in [-0.2, 0) is 0 Å². The van der Waals surface area contributed by atoms with Gasteiger partial charge in [0, 0.05) is 45.8 Å². The van der Waals surface area contributed by atoms with Crippen molar-refractivity contribution < 1.29 is 14.0 Å². The van der Waals surface area contributed by atoms with E-state index in [9.17, 15) is 14.0 Å². The van der Waals surface area contributed by atoms with Crippen LogP contribution >= 0.6 is 0 Å². The van der Waals surface area contributed by atoms with Crippen LogP contribution in [0.5, 0.6) is 0 Å². The zero-order valence-electron chi connectivity index (χ0n) is 11.7. The molecule has 0 atom stereocenters. The lowest BCUT2D eigenvalue weighted by Crippen LogP contribution is -2.52. The van der Waals surface area contributed by atoms with Crippen molar-refractivity contribution in [3.05, 3.63) is 35.6 Å². The molecule has 1 aliphatic heterocycles. The van der Waals surface area contributed by atoms with E-state index in [1.54, 1.807) is 23.9 Å². The van der Waals surface area contributed by atoms with Crippen LogP contribution in [0.2, 0.25) is 0 Å². The molecule has 3 amide bonds. The van der Waals surface area contributed by atoms with Crippen molar-refractivity contribution >= 4 is 11.9 Å². The van der Waals surface area contributed by atoms with Crippen molar-refractivity contribution in [2.75, 3.05) is 40.3 Å². The topological polar surface area (TPSA) is 43.9 Å². The number of carbonyl (C=O) groups is 2. The van der Waals surface area contributed by atoms with E-state index in [2.05, 4.69) is 0 Å². The molecule has 2 rings (SSSR count). The highest BCUT2D eigenvalue weighted by Crippen LogP contribution is 2.10. The first-order valence-corrected chi connectivity index (χ1v) is 6.50. The van der Waals surface area contributed by atoms with Gasteiger partial charge in [-0.1, -0.05) is 0 Å². The molecule has 0 saturated carbocycles. The van der Waals surface area contributed by atoms with Gasteiger partial charge in [-0.25, -0.2) is 9.18 Å². The van der Waals surface area contributed by atoms with Gasteiger partial charge < -0.3 is 14.7 Å². The first kappa shape index (κ1) is 14.3. The summed E-state index contributed by atoms with van der Waals surface area (Å²) in [5, 5.41) is 0. The van der Waals surface area contributed by atoms with Crippen molar-refractivity contribution in [1.29, 1.82) is 0 Å². The summed E-state index contributed by atoms with van der Waals surface area (Å²) in [6, 6.07) is 5.47. The van der Waals surface area contributed by atoms with Gasteiger partial charge in [-0.2, -0.15) is 0 Å². The summed E-state index contributed by atoms with van der Waals surface area (Å²) >= 11 is 0. The van der Waals surface area contributed by atoms with Crippen LogP contribution in [0.1, 0.15) is 10.4 Å². The second-order valence-electron chi connectivity index (χ2n) is 4.96. The summed E-state index contributed by atoms with van der Waals surface area (Å²) in [5.74, 6) is -0.482. The van der Waals surface area contributed by atoms with Crippen LogP contribution in [0.15, 0.2) is 24.3 Å². The Balaban J connectivity index is 1.95. The van der Waals surface area contributed by atoms with Crippen molar-refractivity contribution in [2.24, 2.45) is 0 Å². The van der Waals surface area contributed by atoms with E-state index in [1.807, 2.05) is 0 Å². The van der Waals surface area contributed by atoms with Crippen LogP contribution in [0, 0.1) is 5.82 Å². The number of benzene rings is 1. The third-order valence-corrected chi connectivity index (χ3v) is 3.31. The van der Waals surface area contributed by atoms with Gasteiger partial charge in [0.1, 0.15) is 5.82 Å². The lowest BCUT2D eigenvalue weighted by molar-refractivity contribution is 0.0650. The number of amides is 3. The molecule has 1 saturated heterocycles. The van der Waals surface area contributed by atoms with Crippen LogP contribution in [0.25, 0.3) is 0 Å². The first-order valence-electron chi connectivity index (χ1n) is 6.50. The average molecular weight is 279 g/mol. The maximum absolute atomic E-state index is 12.8. The van der Waals surface area contributed by atoms with Crippen molar-refractivity contribution in [3.63, 3.8) is 0 Å². The van der Waals surface area contributed by atoms with Gasteiger partial charge >= 0.3 is 6.03 Å². The SMILES string of the molecule is CN(C)C(=O)N1CCN(C(=O)c2ccc(F)cc2)CC1. The third-order valence-electron chi connectivity index (χ3n) is 3.31. The van der Waals surface area contributed by atoms with E-state index in [4.69, 9.17) is 0 Å². The molecule has 5 nitrogen and oxygen atoms in total. The van der Waals surface area contributed by atoms with E-state index in [0.717, 1.165) is 0 Å². The Morgan fingerprint density at radius 1 is 1.00 bits per heavy atom. The molecule has 0 unspecified atom stereocenters. The van der Waals surface area contributed by atoms with Crippen LogP contribution < -0.4 is 0 Å². The molecule has 0 radical (unpaired) electrons. The maximum Gasteiger partial charge on any atom is 0.319 e. The largest absolute Gasteiger partial charge is 0.335 e. The molecule has 0 aromatic heterocycles. The molecular formula is C14H18FN3O2. The van der Waals surface area contributed by atoms with Gasteiger partial charge in [-0.15, -0.1) is 0 Å². The highest BCUT2D eigenvalue weighted by Gasteiger charge is 2.25. The molecule has 1 aromatic carbocycles. The smallest absolute Gasteiger partial charge is 0.319 e. The summed E-state index contributed by atoms with van der Waals surface area (Å²) in [4.78, 5) is 28.9. The summed E-state index contributed by atoms with van der Waals surface area (Å²) in [5.41, 5.74) is 0.471. The average Bonchev–Trinajstić information content (AvgIpc) is 2.46. The van der Waals surface area contributed by atoms with Crippen molar-refractivity contribution in [1.82, 2.24) is 14.7 Å². The summed E-state index contributed by atoms with van der Waals surface area (Å²) < 4.78 is 12.8. The highest BCUT2D eigenvalue weighted by molar-refractivity contribution is 5.94. The molecule has 1 aromatic rings. The zero-order valence-corrected chi connectivity index (χ0v) is 11.7. The quantitative estimate of drug-likeness (QED) is 0.777. The maximum atomic E-state index is 12.8. The number of rotatable bonds is 1. The van der Waals surface area contributed by atoms with E-state index in [-0.39, 0.29) is 17.8 Å². The lowest BCUT2D eigenvalue weighted by atomic mass is 10.2. The first-order chi connectivity index (χ1) is 9.49. The van der Waals surface area contributed by atoms with Gasteiger partial charge in [0.15, 0.2) is 0 Å². The number of piperazine rings is 1. The summed E-state index contributed by atoms with van der Waals surface area (Å²) in [6.07, 6.45) is 0. The standard InChI is InChI=1S/C14H18FN3O2/c1-16(2)14(20)18-9-7-17(8-10-18)13(19)11-3-5-12(15)6-4-11/h3-6H,7-10H2,1-2H3. The van der Waals surface area contributed by atoms with Gasteiger partial charge in [0.25, 0.3) is 5.91 Å². The fraction of sp³-hybridized carbons (Fsp3) is 0.429. The number of halogens is 1. The number of nitrogens with zero attached hydrogens (tertiary/aromatic N) is 3. The highest BCUT2D eigenvalue weighted by atomic mass is 19.1. The summed E-state index contributed by atoms with van der Waals surface area (Å²) in [7, 11) is 3.41. The minimum atomic E-state index is -0.358. The molecule has 1 fully saturated rings. The van der Waals surface area contributed by atoms with E-state index < -0.39 is 0 Å². The lowest BCUT2D eigenvalue weighted by Gasteiger charge is -2.36. The molecule has 20 heavy (non-hydrogen) atoms. The Hall–Kier alpha value is -2.11. The second-order valence-corrected chi connectivity index (χ2v) is 4.96. The monoisotopic (exact) mass is 279 g/mol. The number of carbonyl (C=O) groups excluding carboxylic acids is 2. The van der Waals surface area contributed by atoms with E-state index in [0.29, 0.717) is 31.7 Å². The molecule has 6 heteroatoms. The molecule has 1 heterocycles. The van der Waals surface area contributed by atoms with Crippen LogP contribution in [0.4, 0.5) is 9.18 Å². The minimum absolute atomic E-state index is 0.0427. The summed E-state index contributed by atoms with van der Waals surface area (Å²) in [6.45, 7) is 2.03. The van der Waals surface area contributed by atoms with Gasteiger partial charge in [0.05, 0.1) is 0 Å². The molecule has 1 aliphatic rings. The van der Waals surface area contributed by atoms with Gasteiger partial charge in [-0.05, 0) is 24.3 Å². The van der Waals surface area contributed by atoms with Gasteiger partial charge in [-0.3, -0.25) is 4.79 Å². The van der Waals surface area contributed by atoms with Crippen LogP contribution in [0.3, 0.4) is 0 Å². The fourth-order valence-electron chi connectivity index (χ4n) is 2.16. The number of hydrogen-bond donors (Lipinski definition) is 0. The molecule has 108 valence electrons. The third kappa shape index (κ3) is 3.07. The van der Waals surface area contributed by atoms with Crippen molar-refractivity contribution in [3.8, 4) is 0 Å². The molecule has 0 spiro atoms. The zero-order chi connectivity index (χ0) is 14.7. The fourth-order valence-corrected chi connectivity index (χ4v) is 2.16. The second kappa shape index (κ2) is 5.90. The Bertz CT molecular complexity index is 494. The normalized spacial score (nSPS) is 15.2. The van der Waals surface area contributed by atoms with E-state index in [1.165, 1.54) is 29.2 Å². The number of urea groups is 1. The Labute approximate surface area is 117 Å². The molecule has 0 bridgehead atoms. The molecular weight excluding hydrogens is 261 g/mol.